The molecule has 0 aromatic heterocycles. The predicted octanol–water partition coefficient (Wildman–Crippen LogP) is 2.31. The van der Waals surface area contributed by atoms with Crippen molar-refractivity contribution in [3.8, 4) is 0 Å². The second kappa shape index (κ2) is 18.7. The van der Waals surface area contributed by atoms with E-state index in [9.17, 15) is 10.2 Å². The fourth-order valence-corrected chi connectivity index (χ4v) is 4.61. The first-order valence-corrected chi connectivity index (χ1v) is 11.1. The van der Waals surface area contributed by atoms with Gasteiger partial charge in [-0.25, -0.2) is 0 Å². The minimum atomic E-state index is -0.398. The lowest BCUT2D eigenvalue weighted by Gasteiger charge is -2.10. The second-order valence-electron chi connectivity index (χ2n) is 4.72. The molecule has 0 amide bonds. The molecule has 0 aliphatic carbocycles. The molecular weight excluding hydrogens is 352 g/mol. The van der Waals surface area contributed by atoms with Crippen LogP contribution >= 0.6 is 35.3 Å². The van der Waals surface area contributed by atoms with Gasteiger partial charge in [-0.15, -0.1) is 13.2 Å². The standard InChI is InChI=1S/C16H30O4S3/c1-3-5-19-11-15(17)13-22-9-7-21-8-10-23-14-16(18)12-20-6-4-2/h3-4,15-18H,1-2,5-14H2. The van der Waals surface area contributed by atoms with Crippen LogP contribution in [0.5, 0.6) is 0 Å². The molecule has 0 aliphatic rings. The van der Waals surface area contributed by atoms with Crippen molar-refractivity contribution in [3.63, 3.8) is 0 Å². The molecule has 0 saturated carbocycles. The van der Waals surface area contributed by atoms with Gasteiger partial charge in [0, 0.05) is 34.5 Å². The Balaban J connectivity index is 3.21. The molecule has 7 heteroatoms. The number of aliphatic hydroxyl groups excluding tert-OH is 2. The van der Waals surface area contributed by atoms with E-state index in [1.54, 1.807) is 35.7 Å². The van der Waals surface area contributed by atoms with Crippen molar-refractivity contribution >= 4 is 35.3 Å². The van der Waals surface area contributed by atoms with E-state index < -0.39 is 12.2 Å². The number of ether oxygens (including phenoxy) is 2. The zero-order valence-corrected chi connectivity index (χ0v) is 16.2. The van der Waals surface area contributed by atoms with Crippen LogP contribution in [-0.4, -0.2) is 83.4 Å². The highest BCUT2D eigenvalue weighted by Gasteiger charge is 2.05. The van der Waals surface area contributed by atoms with Crippen molar-refractivity contribution in [2.45, 2.75) is 12.2 Å². The summed E-state index contributed by atoms with van der Waals surface area (Å²) in [5, 5.41) is 19.3. The quantitative estimate of drug-likeness (QED) is 0.279. The van der Waals surface area contributed by atoms with Crippen LogP contribution in [0.25, 0.3) is 0 Å². The van der Waals surface area contributed by atoms with Gasteiger partial charge in [-0.3, -0.25) is 0 Å². The molecule has 2 atom stereocenters. The van der Waals surface area contributed by atoms with E-state index in [1.807, 2.05) is 11.8 Å². The zero-order chi connectivity index (χ0) is 17.2. The third-order valence-electron chi connectivity index (χ3n) is 2.46. The summed E-state index contributed by atoms with van der Waals surface area (Å²) in [6.07, 6.45) is 2.57. The maximum absolute atomic E-state index is 9.65. The van der Waals surface area contributed by atoms with Crippen LogP contribution in [0.3, 0.4) is 0 Å². The summed E-state index contributed by atoms with van der Waals surface area (Å²) >= 11 is 5.41. The van der Waals surface area contributed by atoms with Gasteiger partial charge in [0.1, 0.15) is 0 Å². The van der Waals surface area contributed by atoms with E-state index in [2.05, 4.69) is 13.2 Å². The Hall–Kier alpha value is 0.370. The maximum Gasteiger partial charge on any atom is 0.0863 e. The van der Waals surface area contributed by atoms with Crippen molar-refractivity contribution in [3.05, 3.63) is 25.3 Å². The Bertz CT molecular complexity index is 254. The van der Waals surface area contributed by atoms with Gasteiger partial charge in [-0.1, -0.05) is 12.2 Å². The average molecular weight is 383 g/mol. The first kappa shape index (κ1) is 23.4. The van der Waals surface area contributed by atoms with Crippen molar-refractivity contribution in [2.24, 2.45) is 0 Å². The fourth-order valence-electron chi connectivity index (χ4n) is 1.45. The number of aliphatic hydroxyl groups is 2. The van der Waals surface area contributed by atoms with E-state index in [0.717, 1.165) is 23.0 Å². The molecule has 2 unspecified atom stereocenters. The molecule has 136 valence electrons. The predicted molar refractivity (Wildman–Crippen MR) is 106 cm³/mol. The van der Waals surface area contributed by atoms with E-state index >= 15 is 0 Å². The first-order valence-electron chi connectivity index (χ1n) is 7.67. The summed E-state index contributed by atoms with van der Waals surface area (Å²) in [5.74, 6) is 5.65. The van der Waals surface area contributed by atoms with Crippen LogP contribution in [0, 0.1) is 0 Å². The molecule has 4 nitrogen and oxygen atoms in total. The van der Waals surface area contributed by atoms with Crippen LogP contribution in [0.1, 0.15) is 0 Å². The summed E-state index contributed by atoms with van der Waals surface area (Å²) in [7, 11) is 0. The normalized spacial score (nSPS) is 13.7. The summed E-state index contributed by atoms with van der Waals surface area (Å²) in [6, 6.07) is 0. The van der Waals surface area contributed by atoms with Crippen LogP contribution in [0.15, 0.2) is 25.3 Å². The number of thioether (sulfide) groups is 3. The maximum atomic E-state index is 9.65. The molecule has 0 aliphatic heterocycles. The largest absolute Gasteiger partial charge is 0.390 e. The van der Waals surface area contributed by atoms with Gasteiger partial charge in [0.2, 0.25) is 0 Å². The molecule has 0 aromatic rings. The Morgan fingerprint density at radius 1 is 0.739 bits per heavy atom. The highest BCUT2D eigenvalue weighted by molar-refractivity contribution is 8.04. The molecule has 0 rings (SSSR count). The van der Waals surface area contributed by atoms with Crippen LogP contribution in [0.2, 0.25) is 0 Å². The summed E-state index contributed by atoms with van der Waals surface area (Å²) in [6.45, 7) is 8.86. The number of hydrogen-bond donors (Lipinski definition) is 2. The van der Waals surface area contributed by atoms with Gasteiger partial charge in [-0.2, -0.15) is 35.3 Å². The van der Waals surface area contributed by atoms with Gasteiger partial charge < -0.3 is 19.7 Å². The summed E-state index contributed by atoms with van der Waals surface area (Å²) in [5.41, 5.74) is 0. The Labute approximate surface area is 153 Å². The van der Waals surface area contributed by atoms with E-state index in [4.69, 9.17) is 9.47 Å². The molecule has 0 fully saturated rings. The second-order valence-corrected chi connectivity index (χ2v) is 8.25. The molecule has 0 radical (unpaired) electrons. The Morgan fingerprint density at radius 2 is 1.13 bits per heavy atom. The molecular formula is C16H30O4S3. The van der Waals surface area contributed by atoms with Gasteiger partial charge in [0.15, 0.2) is 0 Å². The lowest BCUT2D eigenvalue weighted by molar-refractivity contribution is 0.0625. The zero-order valence-electron chi connectivity index (χ0n) is 13.7. The molecule has 0 bridgehead atoms. The molecule has 23 heavy (non-hydrogen) atoms. The summed E-state index contributed by atoms with van der Waals surface area (Å²) in [4.78, 5) is 0. The van der Waals surface area contributed by atoms with Gasteiger partial charge in [-0.05, 0) is 0 Å². The van der Waals surface area contributed by atoms with Gasteiger partial charge in [0.05, 0.1) is 38.6 Å². The average Bonchev–Trinajstić information content (AvgIpc) is 2.53. The van der Waals surface area contributed by atoms with Crippen molar-refractivity contribution < 1.29 is 19.7 Å². The smallest absolute Gasteiger partial charge is 0.0863 e. The van der Waals surface area contributed by atoms with Crippen LogP contribution in [0.4, 0.5) is 0 Å². The lowest BCUT2D eigenvalue weighted by Crippen LogP contribution is -2.18. The van der Waals surface area contributed by atoms with Gasteiger partial charge in [0.25, 0.3) is 0 Å². The van der Waals surface area contributed by atoms with Crippen molar-refractivity contribution in [2.75, 3.05) is 60.9 Å². The summed E-state index contributed by atoms with van der Waals surface area (Å²) < 4.78 is 10.4. The minimum absolute atomic E-state index is 0.377. The fraction of sp³-hybridized carbons (Fsp3) is 0.750. The number of hydrogen-bond acceptors (Lipinski definition) is 7. The van der Waals surface area contributed by atoms with E-state index in [0.29, 0.717) is 37.9 Å². The van der Waals surface area contributed by atoms with Crippen LogP contribution < -0.4 is 0 Å². The Morgan fingerprint density at radius 3 is 1.52 bits per heavy atom. The highest BCUT2D eigenvalue weighted by Crippen LogP contribution is 2.12. The molecule has 0 saturated heterocycles. The minimum Gasteiger partial charge on any atom is -0.390 e. The highest BCUT2D eigenvalue weighted by atomic mass is 32.2. The first-order chi connectivity index (χ1) is 11.2. The third-order valence-corrected chi connectivity index (χ3v) is 6.19. The van der Waals surface area contributed by atoms with Gasteiger partial charge >= 0.3 is 0 Å². The lowest BCUT2D eigenvalue weighted by atomic mass is 10.4. The topological polar surface area (TPSA) is 58.9 Å². The molecule has 0 heterocycles. The molecule has 0 spiro atoms. The molecule has 0 aromatic carbocycles. The monoisotopic (exact) mass is 382 g/mol. The Kier molecular flexibility index (Phi) is 19.0. The SMILES string of the molecule is C=CCOCC(O)CSCCSCCSCC(O)COCC=C. The molecule has 2 N–H and O–H groups in total. The van der Waals surface area contributed by atoms with E-state index in [1.165, 1.54) is 0 Å². The van der Waals surface area contributed by atoms with Crippen molar-refractivity contribution in [1.82, 2.24) is 0 Å². The third kappa shape index (κ3) is 18.5. The van der Waals surface area contributed by atoms with Crippen LogP contribution in [-0.2, 0) is 9.47 Å². The van der Waals surface area contributed by atoms with Crippen molar-refractivity contribution in [1.29, 1.82) is 0 Å². The number of rotatable bonds is 18. The van der Waals surface area contributed by atoms with E-state index in [-0.39, 0.29) is 0 Å².